The Morgan fingerprint density at radius 2 is 2.26 bits per heavy atom. The van der Waals surface area contributed by atoms with Gasteiger partial charge in [0.05, 0.1) is 13.3 Å². The van der Waals surface area contributed by atoms with Crippen LogP contribution < -0.4 is 10.1 Å². The van der Waals surface area contributed by atoms with E-state index in [2.05, 4.69) is 15.4 Å². The second-order valence-corrected chi connectivity index (χ2v) is 5.27. The fourth-order valence-electron chi connectivity index (χ4n) is 2.29. The van der Waals surface area contributed by atoms with Crippen LogP contribution in [0.3, 0.4) is 0 Å². The van der Waals surface area contributed by atoms with E-state index in [1.807, 2.05) is 31.4 Å². The van der Waals surface area contributed by atoms with E-state index < -0.39 is 0 Å². The van der Waals surface area contributed by atoms with Gasteiger partial charge in [0, 0.05) is 51.6 Å². The van der Waals surface area contributed by atoms with E-state index in [9.17, 15) is 5.11 Å². The summed E-state index contributed by atoms with van der Waals surface area (Å²) in [6.45, 7) is 1.14. The van der Waals surface area contributed by atoms with Crippen molar-refractivity contribution in [2.45, 2.75) is 13.1 Å². The SMILES string of the molecule is CN=C(NCc1cc(OC)ccc1O)N(C)Cc1cnn(C)c1. The van der Waals surface area contributed by atoms with Crippen LogP contribution in [0.5, 0.6) is 11.5 Å². The van der Waals surface area contributed by atoms with Crippen LogP contribution in [-0.4, -0.2) is 47.0 Å². The quantitative estimate of drug-likeness (QED) is 0.643. The number of aromatic nitrogens is 2. The number of aromatic hydroxyl groups is 1. The number of methoxy groups -OCH3 is 1. The molecule has 0 unspecified atom stereocenters. The summed E-state index contributed by atoms with van der Waals surface area (Å²) in [5.41, 5.74) is 1.85. The van der Waals surface area contributed by atoms with Crippen molar-refractivity contribution in [1.29, 1.82) is 0 Å². The largest absolute Gasteiger partial charge is 0.508 e. The molecule has 0 aliphatic carbocycles. The molecule has 124 valence electrons. The number of aliphatic imine (C=N–C) groups is 1. The standard InChI is InChI=1S/C16H23N5O2/c1-17-16(20(2)10-12-8-19-21(3)11-12)18-9-13-7-14(23-4)5-6-15(13)22/h5-8,11,22H,9-10H2,1-4H3,(H,17,18). The van der Waals surface area contributed by atoms with E-state index in [0.717, 1.165) is 17.1 Å². The van der Waals surface area contributed by atoms with Crippen molar-refractivity contribution in [3.8, 4) is 11.5 Å². The molecule has 0 aliphatic rings. The predicted molar refractivity (Wildman–Crippen MR) is 89.5 cm³/mol. The summed E-state index contributed by atoms with van der Waals surface area (Å²) >= 11 is 0. The molecule has 0 saturated heterocycles. The lowest BCUT2D eigenvalue weighted by atomic mass is 10.2. The van der Waals surface area contributed by atoms with Gasteiger partial charge in [-0.3, -0.25) is 9.67 Å². The summed E-state index contributed by atoms with van der Waals surface area (Å²) in [4.78, 5) is 6.26. The molecular formula is C16H23N5O2. The second kappa shape index (κ2) is 7.53. The molecule has 0 bridgehead atoms. The first-order valence-electron chi connectivity index (χ1n) is 7.28. The Bertz CT molecular complexity index is 681. The number of guanidine groups is 1. The number of nitrogens with one attached hydrogen (secondary N) is 1. The minimum atomic E-state index is 0.226. The fraction of sp³-hybridized carbons (Fsp3) is 0.375. The molecule has 1 aromatic carbocycles. The van der Waals surface area contributed by atoms with E-state index >= 15 is 0 Å². The van der Waals surface area contributed by atoms with Crippen molar-refractivity contribution < 1.29 is 9.84 Å². The molecule has 0 amide bonds. The number of hydrogen-bond acceptors (Lipinski definition) is 4. The summed E-state index contributed by atoms with van der Waals surface area (Å²) in [6, 6.07) is 5.15. The second-order valence-electron chi connectivity index (χ2n) is 5.27. The van der Waals surface area contributed by atoms with Crippen LogP contribution in [0.25, 0.3) is 0 Å². The molecule has 0 fully saturated rings. The molecule has 0 aliphatic heterocycles. The Morgan fingerprint density at radius 1 is 1.48 bits per heavy atom. The van der Waals surface area contributed by atoms with Crippen LogP contribution in [0, 0.1) is 0 Å². The average Bonchev–Trinajstić information content (AvgIpc) is 2.94. The topological polar surface area (TPSA) is 74.9 Å². The highest BCUT2D eigenvalue weighted by atomic mass is 16.5. The minimum Gasteiger partial charge on any atom is -0.508 e. The van der Waals surface area contributed by atoms with Gasteiger partial charge < -0.3 is 20.1 Å². The van der Waals surface area contributed by atoms with E-state index in [-0.39, 0.29) is 5.75 Å². The third-order valence-corrected chi connectivity index (χ3v) is 3.48. The number of benzene rings is 1. The maximum atomic E-state index is 9.93. The van der Waals surface area contributed by atoms with Crippen molar-refractivity contribution in [3.63, 3.8) is 0 Å². The zero-order valence-electron chi connectivity index (χ0n) is 13.9. The van der Waals surface area contributed by atoms with Gasteiger partial charge in [0.1, 0.15) is 11.5 Å². The van der Waals surface area contributed by atoms with Crippen LogP contribution >= 0.6 is 0 Å². The summed E-state index contributed by atoms with van der Waals surface area (Å²) in [5.74, 6) is 1.66. The van der Waals surface area contributed by atoms with Gasteiger partial charge in [0.25, 0.3) is 0 Å². The zero-order valence-corrected chi connectivity index (χ0v) is 13.9. The van der Waals surface area contributed by atoms with Crippen LogP contribution in [-0.2, 0) is 20.1 Å². The first-order chi connectivity index (χ1) is 11.0. The zero-order chi connectivity index (χ0) is 16.8. The van der Waals surface area contributed by atoms with Gasteiger partial charge in [-0.05, 0) is 18.2 Å². The lowest BCUT2D eigenvalue weighted by Crippen LogP contribution is -2.38. The van der Waals surface area contributed by atoms with E-state index in [4.69, 9.17) is 4.74 Å². The molecule has 2 aromatic rings. The van der Waals surface area contributed by atoms with Gasteiger partial charge in [-0.25, -0.2) is 0 Å². The Morgan fingerprint density at radius 3 is 2.87 bits per heavy atom. The molecule has 0 spiro atoms. The molecule has 2 N–H and O–H groups in total. The Balaban J connectivity index is 1.99. The van der Waals surface area contributed by atoms with Gasteiger partial charge in [-0.1, -0.05) is 0 Å². The molecule has 0 atom stereocenters. The van der Waals surface area contributed by atoms with Gasteiger partial charge in [0.2, 0.25) is 0 Å². The number of phenolic OH excluding ortho intramolecular Hbond substituents is 1. The highest BCUT2D eigenvalue weighted by Gasteiger charge is 2.09. The third-order valence-electron chi connectivity index (χ3n) is 3.48. The molecular weight excluding hydrogens is 294 g/mol. The van der Waals surface area contributed by atoms with Crippen molar-refractivity contribution in [1.82, 2.24) is 20.0 Å². The van der Waals surface area contributed by atoms with Gasteiger partial charge >= 0.3 is 0 Å². The summed E-state index contributed by atoms with van der Waals surface area (Å²) in [5, 5.41) is 17.3. The maximum absolute atomic E-state index is 9.93. The number of aryl methyl sites for hydroxylation is 1. The summed E-state index contributed by atoms with van der Waals surface area (Å²) in [7, 11) is 7.17. The molecule has 7 nitrogen and oxygen atoms in total. The van der Waals surface area contributed by atoms with Crippen LogP contribution in [0.1, 0.15) is 11.1 Å². The van der Waals surface area contributed by atoms with E-state index in [1.54, 1.807) is 37.0 Å². The normalized spacial score (nSPS) is 11.4. The first-order valence-corrected chi connectivity index (χ1v) is 7.28. The highest BCUT2D eigenvalue weighted by molar-refractivity contribution is 5.79. The molecule has 1 heterocycles. The van der Waals surface area contributed by atoms with Crippen molar-refractivity contribution >= 4 is 5.96 Å². The molecule has 0 saturated carbocycles. The van der Waals surface area contributed by atoms with Crippen LogP contribution in [0.15, 0.2) is 35.6 Å². The van der Waals surface area contributed by atoms with Crippen molar-refractivity contribution in [3.05, 3.63) is 41.7 Å². The first kappa shape index (κ1) is 16.7. The molecule has 0 radical (unpaired) electrons. The Labute approximate surface area is 136 Å². The smallest absolute Gasteiger partial charge is 0.193 e. The van der Waals surface area contributed by atoms with Crippen LogP contribution in [0.2, 0.25) is 0 Å². The van der Waals surface area contributed by atoms with Gasteiger partial charge in [0.15, 0.2) is 5.96 Å². The number of ether oxygens (including phenoxy) is 1. The number of hydrogen-bond donors (Lipinski definition) is 2. The Kier molecular flexibility index (Phi) is 5.46. The average molecular weight is 317 g/mol. The molecule has 23 heavy (non-hydrogen) atoms. The van der Waals surface area contributed by atoms with Crippen LogP contribution in [0.4, 0.5) is 0 Å². The van der Waals surface area contributed by atoms with Gasteiger partial charge in [-0.15, -0.1) is 0 Å². The van der Waals surface area contributed by atoms with Gasteiger partial charge in [-0.2, -0.15) is 5.10 Å². The number of nitrogens with zero attached hydrogens (tertiary/aromatic N) is 4. The molecule has 2 rings (SSSR count). The monoisotopic (exact) mass is 317 g/mol. The summed E-state index contributed by atoms with van der Waals surface area (Å²) in [6.07, 6.45) is 3.80. The summed E-state index contributed by atoms with van der Waals surface area (Å²) < 4.78 is 6.95. The lowest BCUT2D eigenvalue weighted by molar-refractivity contribution is 0.410. The lowest BCUT2D eigenvalue weighted by Gasteiger charge is -2.21. The Hall–Kier alpha value is -2.70. The van der Waals surface area contributed by atoms with E-state index in [1.165, 1.54) is 0 Å². The maximum Gasteiger partial charge on any atom is 0.193 e. The minimum absolute atomic E-state index is 0.226. The third kappa shape index (κ3) is 4.38. The fourth-order valence-corrected chi connectivity index (χ4v) is 2.29. The molecule has 1 aromatic heterocycles. The predicted octanol–water partition coefficient (Wildman–Crippen LogP) is 1.34. The number of rotatable bonds is 5. The van der Waals surface area contributed by atoms with E-state index in [0.29, 0.717) is 18.8 Å². The van der Waals surface area contributed by atoms with Crippen molar-refractivity contribution in [2.75, 3.05) is 21.2 Å². The number of phenols is 1. The van der Waals surface area contributed by atoms with Crippen molar-refractivity contribution in [2.24, 2.45) is 12.0 Å². The highest BCUT2D eigenvalue weighted by Crippen LogP contribution is 2.22. The molecule has 7 heteroatoms.